The predicted molar refractivity (Wildman–Crippen MR) is 145 cm³/mol. The van der Waals surface area contributed by atoms with E-state index in [4.69, 9.17) is 15.6 Å². The molecule has 1 heterocycles. The third-order valence-electron chi connectivity index (χ3n) is 6.31. The number of rotatable bonds is 8. The van der Waals surface area contributed by atoms with E-state index in [1.165, 1.54) is 36.1 Å². The van der Waals surface area contributed by atoms with Crippen molar-refractivity contribution in [3.63, 3.8) is 0 Å². The molecule has 0 fully saturated rings. The fraction of sp³-hybridized carbons (Fsp3) is 0.192. The van der Waals surface area contributed by atoms with Gasteiger partial charge in [-0.25, -0.2) is 0 Å². The first-order valence-electron chi connectivity index (χ1n) is 11.8. The Morgan fingerprint density at radius 2 is 1.60 bits per heavy atom. The number of nitrogens with two attached hydrogens (primary N) is 1. The Kier molecular flexibility index (Phi) is 7.56. The molecule has 0 saturated carbocycles. The molecule has 0 bridgehead atoms. The Hall–Kier alpha value is -4.11. The minimum absolute atomic E-state index is 0.0236. The number of amides is 1. The normalized spacial score (nSPS) is 12.1. The lowest BCUT2D eigenvalue weighted by atomic mass is 9.90. The summed E-state index contributed by atoms with van der Waals surface area (Å²) in [4.78, 5) is 24.5. The van der Waals surface area contributed by atoms with E-state index in [2.05, 4.69) is 0 Å². The molecule has 4 rings (SSSR count). The van der Waals surface area contributed by atoms with Gasteiger partial charge in [0, 0.05) is 42.1 Å². The van der Waals surface area contributed by atoms with E-state index >= 15 is 0 Å². The summed E-state index contributed by atoms with van der Waals surface area (Å²) >= 11 is 0. The number of nitrogen functional groups attached to an aromatic ring is 1. The highest BCUT2D eigenvalue weighted by molar-refractivity contribution is 7.86. The van der Waals surface area contributed by atoms with Crippen molar-refractivity contribution >= 4 is 48.6 Å². The van der Waals surface area contributed by atoms with Crippen molar-refractivity contribution in [1.82, 2.24) is 4.90 Å². The van der Waals surface area contributed by atoms with E-state index in [-0.39, 0.29) is 46.4 Å². The maximum atomic E-state index is 13.5. The van der Waals surface area contributed by atoms with Crippen LogP contribution in [0.2, 0.25) is 0 Å². The minimum Gasteiger partial charge on any atom is -0.453 e. The predicted octanol–water partition coefficient (Wildman–Crippen LogP) is 3.20. The molecule has 2 aromatic rings. The number of carbonyl (C=O) groups is 2. The highest BCUT2D eigenvalue weighted by Crippen LogP contribution is 2.45. The summed E-state index contributed by atoms with van der Waals surface area (Å²) in [6.07, 6.45) is 0.708. The van der Waals surface area contributed by atoms with Gasteiger partial charge in [0.05, 0.1) is 11.0 Å². The molecular formula is C26H25N3O9S2. The first-order valence-corrected chi connectivity index (χ1v) is 14.7. The number of benzene rings is 3. The summed E-state index contributed by atoms with van der Waals surface area (Å²) in [5.74, 6) is -1.05. The molecule has 2 aromatic carbocycles. The Labute approximate surface area is 229 Å². The molecule has 12 nitrogen and oxygen atoms in total. The quantitative estimate of drug-likeness (QED) is 0.134. The van der Waals surface area contributed by atoms with Gasteiger partial charge in [0.1, 0.15) is 5.78 Å². The molecule has 1 amide bonds. The number of hydrogen-bond acceptors (Lipinski definition) is 9. The number of nitrogens with one attached hydrogen (secondary N) is 1. The van der Waals surface area contributed by atoms with Gasteiger partial charge < -0.3 is 19.8 Å². The van der Waals surface area contributed by atoms with Crippen molar-refractivity contribution in [3.05, 3.63) is 59.5 Å². The molecule has 0 aromatic heterocycles. The van der Waals surface area contributed by atoms with E-state index in [0.717, 1.165) is 6.07 Å². The van der Waals surface area contributed by atoms with E-state index in [9.17, 15) is 35.5 Å². The first kappa shape index (κ1) is 28.9. The fourth-order valence-corrected chi connectivity index (χ4v) is 6.04. The van der Waals surface area contributed by atoms with Crippen molar-refractivity contribution in [2.24, 2.45) is 0 Å². The number of Topliss-reactive ketones (excluding diaryl/α,β-unsaturated/α-hetero) is 1. The largest absolute Gasteiger partial charge is 0.453 e. The zero-order valence-electron chi connectivity index (χ0n) is 21.3. The Balaban J connectivity index is 2.14. The van der Waals surface area contributed by atoms with Crippen LogP contribution >= 0.6 is 0 Å². The highest BCUT2D eigenvalue weighted by Gasteiger charge is 2.31. The fourth-order valence-electron chi connectivity index (χ4n) is 4.56. The Morgan fingerprint density at radius 3 is 2.23 bits per heavy atom. The molecule has 210 valence electrons. The summed E-state index contributed by atoms with van der Waals surface area (Å²) in [5.41, 5.74) is 5.45. The molecular weight excluding hydrogens is 562 g/mol. The van der Waals surface area contributed by atoms with Crippen molar-refractivity contribution in [1.29, 1.82) is 5.41 Å². The third kappa shape index (κ3) is 5.34. The van der Waals surface area contributed by atoms with Crippen LogP contribution in [0.3, 0.4) is 0 Å². The Bertz CT molecular complexity index is 1930. The van der Waals surface area contributed by atoms with E-state index in [0.29, 0.717) is 6.42 Å². The number of carbonyl (C=O) groups excluding carboxylic acids is 2. The average Bonchev–Trinajstić information content (AvgIpc) is 2.84. The molecule has 0 unspecified atom stereocenters. The number of ketones is 1. The standard InChI is InChI=1S/C26H25N3O9S2/c1-14(30)6-5-13-29(2)26(31)16-8-4-3-7-15(16)21-17-9-11-19(27)24(39(32,33)34)22(17)38-23-18(21)10-12-20(28)25(23)40(35,36)37/h3-4,7-12,27H,5-6,13,28H2,1-2H3,(H,32,33,34)(H,35,36,37). The van der Waals surface area contributed by atoms with Crippen LogP contribution in [-0.2, 0) is 25.0 Å². The first-order chi connectivity index (χ1) is 18.6. The number of hydrogen-bond donors (Lipinski definition) is 4. The zero-order chi connectivity index (χ0) is 29.6. The molecule has 0 radical (unpaired) electrons. The van der Waals surface area contributed by atoms with Crippen LogP contribution in [0.25, 0.3) is 33.4 Å². The molecule has 0 saturated heterocycles. The van der Waals surface area contributed by atoms with Gasteiger partial charge in [-0.2, -0.15) is 16.8 Å². The third-order valence-corrected chi connectivity index (χ3v) is 8.17. The second-order valence-corrected chi connectivity index (χ2v) is 11.9. The van der Waals surface area contributed by atoms with Gasteiger partial charge in [-0.1, -0.05) is 18.2 Å². The zero-order valence-corrected chi connectivity index (χ0v) is 23.0. The molecule has 0 atom stereocenters. The monoisotopic (exact) mass is 587 g/mol. The molecule has 14 heteroatoms. The minimum atomic E-state index is -5.07. The maximum absolute atomic E-state index is 13.5. The summed E-state index contributed by atoms with van der Waals surface area (Å²) < 4.78 is 74.9. The van der Waals surface area contributed by atoms with Crippen LogP contribution in [0.15, 0.2) is 62.7 Å². The molecule has 1 aliphatic heterocycles. The molecule has 5 N–H and O–H groups in total. The van der Waals surface area contributed by atoms with Gasteiger partial charge in [0.2, 0.25) is 0 Å². The maximum Gasteiger partial charge on any atom is 0.300 e. The van der Waals surface area contributed by atoms with Crippen LogP contribution in [0.1, 0.15) is 30.1 Å². The lowest BCUT2D eigenvalue weighted by molar-refractivity contribution is -0.117. The number of anilines is 1. The smallest absolute Gasteiger partial charge is 0.300 e. The second kappa shape index (κ2) is 10.5. The SMILES string of the molecule is CC(=O)CCCN(C)C(=O)c1ccccc1-c1c2ccc(=N)c(S(=O)(=O)O)c-2oc2c(S(=O)(=O)O)c(N)ccc12. The molecule has 1 aliphatic carbocycles. The second-order valence-electron chi connectivity index (χ2n) is 9.18. The lowest BCUT2D eigenvalue weighted by Gasteiger charge is -2.22. The summed E-state index contributed by atoms with van der Waals surface area (Å²) in [7, 11) is -8.54. The molecule has 0 spiro atoms. The topological polar surface area (TPSA) is 209 Å². The van der Waals surface area contributed by atoms with Gasteiger partial charge >= 0.3 is 0 Å². The highest BCUT2D eigenvalue weighted by atomic mass is 32.2. The van der Waals surface area contributed by atoms with Crippen LogP contribution in [0, 0.1) is 5.41 Å². The number of fused-ring (bicyclic) bond motifs is 2. The van der Waals surface area contributed by atoms with Gasteiger partial charge in [-0.3, -0.25) is 19.3 Å². The van der Waals surface area contributed by atoms with Crippen LogP contribution in [0.4, 0.5) is 5.69 Å². The molecule has 40 heavy (non-hydrogen) atoms. The summed E-state index contributed by atoms with van der Waals surface area (Å²) in [6, 6.07) is 11.3. The van der Waals surface area contributed by atoms with Crippen LogP contribution < -0.4 is 11.1 Å². The van der Waals surface area contributed by atoms with Gasteiger partial charge in [-0.05, 0) is 49.2 Å². The van der Waals surface area contributed by atoms with Crippen molar-refractivity contribution < 1.29 is 39.9 Å². The molecule has 2 aliphatic rings. The average molecular weight is 588 g/mol. The van der Waals surface area contributed by atoms with Gasteiger partial charge in [-0.15, -0.1) is 0 Å². The lowest BCUT2D eigenvalue weighted by Crippen LogP contribution is -2.28. The van der Waals surface area contributed by atoms with Gasteiger partial charge in [0.25, 0.3) is 26.1 Å². The van der Waals surface area contributed by atoms with Crippen molar-refractivity contribution in [2.45, 2.75) is 29.6 Å². The van der Waals surface area contributed by atoms with Crippen LogP contribution in [-0.4, -0.2) is 56.1 Å². The van der Waals surface area contributed by atoms with Gasteiger partial charge in [0.15, 0.2) is 21.1 Å². The number of nitrogens with zero attached hydrogens (tertiary/aromatic N) is 1. The Morgan fingerprint density at radius 1 is 0.950 bits per heavy atom. The van der Waals surface area contributed by atoms with E-state index in [1.54, 1.807) is 25.2 Å². The van der Waals surface area contributed by atoms with E-state index < -0.39 is 58.3 Å². The summed E-state index contributed by atoms with van der Waals surface area (Å²) in [6.45, 7) is 1.71. The van der Waals surface area contributed by atoms with Crippen molar-refractivity contribution in [2.75, 3.05) is 19.3 Å². The van der Waals surface area contributed by atoms with Crippen LogP contribution in [0.5, 0.6) is 0 Å². The summed E-state index contributed by atoms with van der Waals surface area (Å²) in [5, 5.41) is 7.50. The van der Waals surface area contributed by atoms with E-state index in [1.807, 2.05) is 0 Å². The van der Waals surface area contributed by atoms with Crippen molar-refractivity contribution in [3.8, 4) is 22.5 Å².